The average molecular weight is 869 g/mol. The van der Waals surface area contributed by atoms with Crippen LogP contribution < -0.4 is 21.2 Å². The summed E-state index contributed by atoms with van der Waals surface area (Å²) in [5, 5.41) is 7.37. The molecule has 310 valence electrons. The highest BCUT2D eigenvalue weighted by molar-refractivity contribution is 7.78. The van der Waals surface area contributed by atoms with Crippen LogP contribution in [-0.4, -0.2) is 42.4 Å². The Morgan fingerprint density at radius 3 is 1.22 bits per heavy atom. The fourth-order valence-electron chi connectivity index (χ4n) is 9.01. The standard InChI is InChI=1S/C54H42N6O2P2/c1-35-23-25-55-53(27-35)59-49-17-7-5-15-43(49)45-21-19-41(31-51(45)59)63(3,61)39-13-9-11-37(29-39)47-33-58-48(34-57-47)38-12-10-14-40(30-38)64(4,62)42-20-22-46-44-16-6-8-18-50(44)60(52(46)32-42)54-28-36(2)24-26-56-54/h5-34H,1-4H3. The highest BCUT2D eigenvalue weighted by Crippen LogP contribution is 2.43. The van der Waals surface area contributed by atoms with Gasteiger partial charge in [0.15, 0.2) is 0 Å². The average Bonchev–Trinajstić information content (AvgIpc) is 3.84. The fraction of sp³-hybridized carbons (Fsp3) is 0.0741. The van der Waals surface area contributed by atoms with Crippen LogP contribution in [0.5, 0.6) is 0 Å². The molecule has 0 fully saturated rings. The zero-order valence-electron chi connectivity index (χ0n) is 35.7. The lowest BCUT2D eigenvalue weighted by Crippen LogP contribution is -2.16. The van der Waals surface area contributed by atoms with Crippen molar-refractivity contribution in [1.29, 1.82) is 0 Å². The van der Waals surface area contributed by atoms with Gasteiger partial charge in [-0.3, -0.25) is 19.1 Å². The summed E-state index contributed by atoms with van der Waals surface area (Å²) in [4.78, 5) is 19.1. The van der Waals surface area contributed by atoms with E-state index >= 15 is 0 Å². The number of hydrogen-bond donors (Lipinski definition) is 0. The molecule has 0 saturated heterocycles. The third-order valence-corrected chi connectivity index (χ3v) is 17.5. The van der Waals surface area contributed by atoms with E-state index in [9.17, 15) is 9.13 Å². The van der Waals surface area contributed by atoms with Crippen molar-refractivity contribution in [3.8, 4) is 34.2 Å². The van der Waals surface area contributed by atoms with Gasteiger partial charge >= 0.3 is 0 Å². The summed E-state index contributed by atoms with van der Waals surface area (Å²) in [6.07, 6.45) is 7.15. The van der Waals surface area contributed by atoms with Crippen LogP contribution in [0.15, 0.2) is 183 Å². The second kappa shape index (κ2) is 15.2. The predicted octanol–water partition coefficient (Wildman–Crippen LogP) is 11.3. The van der Waals surface area contributed by atoms with Crippen molar-refractivity contribution in [2.75, 3.05) is 13.3 Å². The Hall–Kier alpha value is -7.24. The molecule has 6 aromatic carbocycles. The van der Waals surface area contributed by atoms with Crippen LogP contribution in [0.2, 0.25) is 0 Å². The predicted molar refractivity (Wildman–Crippen MR) is 265 cm³/mol. The highest BCUT2D eigenvalue weighted by atomic mass is 31.2. The number of aryl methyl sites for hydroxylation is 2. The summed E-state index contributed by atoms with van der Waals surface area (Å²) in [5.74, 6) is 1.64. The molecule has 2 unspecified atom stereocenters. The molecule has 11 aromatic rings. The molecule has 11 rings (SSSR count). The number of para-hydroxylation sites is 2. The summed E-state index contributed by atoms with van der Waals surface area (Å²) in [7, 11) is -6.15. The zero-order chi connectivity index (χ0) is 43.7. The quantitative estimate of drug-likeness (QED) is 0.141. The van der Waals surface area contributed by atoms with Gasteiger partial charge in [0, 0.05) is 66.3 Å². The summed E-state index contributed by atoms with van der Waals surface area (Å²) < 4.78 is 34.2. The molecule has 2 atom stereocenters. The lowest BCUT2D eigenvalue weighted by molar-refractivity contribution is 0.589. The van der Waals surface area contributed by atoms with Crippen molar-refractivity contribution < 1.29 is 9.13 Å². The van der Waals surface area contributed by atoms with Crippen molar-refractivity contribution >= 4 is 79.1 Å². The molecule has 5 heterocycles. The van der Waals surface area contributed by atoms with Gasteiger partial charge in [-0.05, 0) is 99.0 Å². The van der Waals surface area contributed by atoms with Gasteiger partial charge in [0.1, 0.15) is 25.9 Å². The van der Waals surface area contributed by atoms with E-state index in [1.807, 2.05) is 123 Å². The first kappa shape index (κ1) is 39.6. The number of nitrogens with zero attached hydrogens (tertiary/aromatic N) is 6. The van der Waals surface area contributed by atoms with Crippen LogP contribution in [0.1, 0.15) is 11.1 Å². The molecule has 10 heteroatoms. The number of fused-ring (bicyclic) bond motifs is 6. The van der Waals surface area contributed by atoms with Gasteiger partial charge < -0.3 is 9.13 Å². The molecular weight excluding hydrogens is 827 g/mol. The molecule has 0 aliphatic rings. The second-order valence-corrected chi connectivity index (χ2v) is 22.5. The molecule has 0 saturated carbocycles. The Kier molecular flexibility index (Phi) is 9.43. The SMILES string of the molecule is Cc1ccnc(-n2c3ccccc3c3ccc(P(C)(=O)c4cccc(-c5cnc(-c6cccc(P(C)(=O)c7ccc8c9ccccc9n(-c9cc(C)ccn9)c8c7)c6)cn5)c4)cc32)c1. The zero-order valence-corrected chi connectivity index (χ0v) is 37.5. The first-order chi connectivity index (χ1) is 31.0. The van der Waals surface area contributed by atoms with Gasteiger partial charge in [-0.25, -0.2) is 9.97 Å². The molecule has 0 radical (unpaired) electrons. The lowest BCUT2D eigenvalue weighted by atomic mass is 10.1. The monoisotopic (exact) mass is 868 g/mol. The molecule has 5 aromatic heterocycles. The highest BCUT2D eigenvalue weighted by Gasteiger charge is 2.26. The summed E-state index contributed by atoms with van der Waals surface area (Å²) in [6, 6.07) is 52.6. The summed E-state index contributed by atoms with van der Waals surface area (Å²) in [6.45, 7) is 7.79. The largest absolute Gasteiger partial charge is 0.314 e. The van der Waals surface area contributed by atoms with Crippen molar-refractivity contribution in [2.45, 2.75) is 13.8 Å². The lowest BCUT2D eigenvalue weighted by Gasteiger charge is -2.16. The molecule has 8 nitrogen and oxygen atoms in total. The van der Waals surface area contributed by atoms with Gasteiger partial charge in [-0.1, -0.05) is 97.1 Å². The number of pyridine rings is 2. The van der Waals surface area contributed by atoms with Crippen molar-refractivity contribution in [2.24, 2.45) is 0 Å². The van der Waals surface area contributed by atoms with Gasteiger partial charge in [-0.2, -0.15) is 0 Å². The van der Waals surface area contributed by atoms with Crippen molar-refractivity contribution in [3.05, 3.63) is 194 Å². The van der Waals surface area contributed by atoms with Gasteiger partial charge in [0.25, 0.3) is 0 Å². The number of rotatable bonds is 8. The van der Waals surface area contributed by atoms with Crippen LogP contribution in [0.25, 0.3) is 77.8 Å². The molecule has 0 bridgehead atoms. The molecule has 0 N–H and O–H groups in total. The van der Waals surface area contributed by atoms with Crippen LogP contribution in [0.4, 0.5) is 0 Å². The number of hydrogen-bond acceptors (Lipinski definition) is 6. The minimum Gasteiger partial charge on any atom is -0.314 e. The van der Waals surface area contributed by atoms with Gasteiger partial charge in [-0.15, -0.1) is 0 Å². The normalized spacial score (nSPS) is 13.7. The first-order valence-electron chi connectivity index (χ1n) is 21.2. The van der Waals surface area contributed by atoms with E-state index in [1.54, 1.807) is 12.4 Å². The molecule has 0 aliphatic carbocycles. The third kappa shape index (κ3) is 6.61. The van der Waals surface area contributed by atoms with E-state index in [2.05, 4.69) is 83.6 Å². The van der Waals surface area contributed by atoms with E-state index < -0.39 is 14.3 Å². The Morgan fingerprint density at radius 2 is 0.797 bits per heavy atom. The summed E-state index contributed by atoms with van der Waals surface area (Å²) in [5.41, 5.74) is 9.21. The van der Waals surface area contributed by atoms with Crippen LogP contribution in [0, 0.1) is 13.8 Å². The van der Waals surface area contributed by atoms with E-state index in [0.29, 0.717) is 11.4 Å². The van der Waals surface area contributed by atoms with Crippen molar-refractivity contribution in [3.63, 3.8) is 0 Å². The van der Waals surface area contributed by atoms with Crippen LogP contribution in [-0.2, 0) is 9.13 Å². The topological polar surface area (TPSA) is 95.6 Å². The third-order valence-electron chi connectivity index (χ3n) is 12.5. The Morgan fingerprint density at radius 1 is 0.391 bits per heavy atom. The van der Waals surface area contributed by atoms with Gasteiger partial charge in [0.2, 0.25) is 0 Å². The Labute approximate surface area is 370 Å². The minimum atomic E-state index is -3.07. The number of benzene rings is 6. The smallest absolute Gasteiger partial charge is 0.140 e. The summed E-state index contributed by atoms with van der Waals surface area (Å²) >= 11 is 0. The molecular formula is C54H42N6O2P2. The Bertz CT molecular complexity index is 3510. The second-order valence-electron chi connectivity index (χ2n) is 16.7. The molecule has 0 amide bonds. The number of aromatic nitrogens is 6. The van der Waals surface area contributed by atoms with E-state index in [4.69, 9.17) is 19.9 Å². The molecule has 0 spiro atoms. The van der Waals surface area contributed by atoms with E-state index in [-0.39, 0.29) is 0 Å². The minimum absolute atomic E-state index is 0.663. The van der Waals surface area contributed by atoms with E-state index in [0.717, 1.165) is 98.7 Å². The first-order valence-corrected chi connectivity index (χ1v) is 25.5. The Balaban J connectivity index is 0.902. The maximum absolute atomic E-state index is 14.9. The van der Waals surface area contributed by atoms with E-state index in [1.165, 1.54) is 0 Å². The van der Waals surface area contributed by atoms with Crippen LogP contribution in [0.3, 0.4) is 0 Å². The molecule has 0 aliphatic heterocycles. The van der Waals surface area contributed by atoms with Crippen LogP contribution >= 0.6 is 14.3 Å². The molecule has 64 heavy (non-hydrogen) atoms. The fourth-order valence-corrected chi connectivity index (χ4v) is 12.6. The van der Waals surface area contributed by atoms with Crippen molar-refractivity contribution in [1.82, 2.24) is 29.1 Å². The van der Waals surface area contributed by atoms with Gasteiger partial charge in [0.05, 0.1) is 45.8 Å². The maximum atomic E-state index is 14.9. The maximum Gasteiger partial charge on any atom is 0.140 e.